The van der Waals surface area contributed by atoms with Crippen LogP contribution in [0.4, 0.5) is 0 Å². The first-order valence-corrected chi connectivity index (χ1v) is 7.58. The lowest BCUT2D eigenvalue weighted by Crippen LogP contribution is -2.04. The second kappa shape index (κ2) is 6.48. The highest BCUT2D eigenvalue weighted by Crippen LogP contribution is 2.23. The van der Waals surface area contributed by atoms with Gasteiger partial charge in [0, 0.05) is 17.4 Å². The molecule has 4 heteroatoms. The first kappa shape index (κ1) is 15.0. The number of ether oxygens (including phenoxy) is 1. The minimum Gasteiger partial charge on any atom is -0.461 e. The molecule has 0 aliphatic heterocycles. The Morgan fingerprint density at radius 2 is 1.78 bits per heavy atom. The predicted molar refractivity (Wildman–Crippen MR) is 89.7 cm³/mol. The summed E-state index contributed by atoms with van der Waals surface area (Å²) in [6, 6.07) is 17.9. The van der Waals surface area contributed by atoms with Gasteiger partial charge in [-0.3, -0.25) is 4.57 Å². The van der Waals surface area contributed by atoms with Crippen LogP contribution >= 0.6 is 0 Å². The first-order valence-electron chi connectivity index (χ1n) is 7.58. The summed E-state index contributed by atoms with van der Waals surface area (Å²) in [6.45, 7) is 4.15. The SMILES string of the molecule is CCOC(=O)c1cn(-c2ccccc2)c(-c2ccc(C)cc2)n1. The number of rotatable bonds is 4. The zero-order chi connectivity index (χ0) is 16.2. The molecule has 0 aliphatic carbocycles. The molecule has 4 nitrogen and oxygen atoms in total. The highest BCUT2D eigenvalue weighted by molar-refractivity contribution is 5.88. The number of aromatic nitrogens is 2. The maximum absolute atomic E-state index is 12.0. The van der Waals surface area contributed by atoms with Gasteiger partial charge in [0.15, 0.2) is 5.69 Å². The van der Waals surface area contributed by atoms with Crippen LogP contribution in [0.5, 0.6) is 0 Å². The molecule has 0 saturated heterocycles. The van der Waals surface area contributed by atoms with Crippen molar-refractivity contribution in [1.82, 2.24) is 9.55 Å². The standard InChI is InChI=1S/C19H18N2O2/c1-3-23-19(22)17-13-21(16-7-5-4-6-8-16)18(20-17)15-11-9-14(2)10-12-15/h4-13H,3H2,1-2H3. The van der Waals surface area contributed by atoms with Crippen LogP contribution in [0.15, 0.2) is 60.8 Å². The molecule has 0 atom stereocenters. The Bertz CT molecular complexity index is 805. The molecule has 0 spiro atoms. The maximum atomic E-state index is 12.0. The molecule has 1 aromatic heterocycles. The Morgan fingerprint density at radius 1 is 1.09 bits per heavy atom. The minimum atomic E-state index is -0.407. The third-order valence-electron chi connectivity index (χ3n) is 3.53. The Labute approximate surface area is 135 Å². The van der Waals surface area contributed by atoms with Crippen LogP contribution in [0.3, 0.4) is 0 Å². The van der Waals surface area contributed by atoms with Crippen LogP contribution < -0.4 is 0 Å². The molecule has 0 N–H and O–H groups in total. The summed E-state index contributed by atoms with van der Waals surface area (Å²) in [7, 11) is 0. The quantitative estimate of drug-likeness (QED) is 0.684. The number of carbonyl (C=O) groups is 1. The maximum Gasteiger partial charge on any atom is 0.358 e. The van der Waals surface area contributed by atoms with Crippen LogP contribution in [0.1, 0.15) is 23.0 Å². The molecule has 0 saturated carbocycles. The fourth-order valence-electron chi connectivity index (χ4n) is 2.38. The molecular weight excluding hydrogens is 288 g/mol. The minimum absolute atomic E-state index is 0.311. The zero-order valence-corrected chi connectivity index (χ0v) is 13.2. The van der Waals surface area contributed by atoms with Gasteiger partial charge in [-0.05, 0) is 26.0 Å². The van der Waals surface area contributed by atoms with Crippen molar-refractivity contribution >= 4 is 5.97 Å². The monoisotopic (exact) mass is 306 g/mol. The second-order valence-electron chi connectivity index (χ2n) is 5.24. The van der Waals surface area contributed by atoms with Crippen molar-refractivity contribution in [1.29, 1.82) is 0 Å². The van der Waals surface area contributed by atoms with Gasteiger partial charge in [0.05, 0.1) is 6.61 Å². The Morgan fingerprint density at radius 3 is 2.43 bits per heavy atom. The lowest BCUT2D eigenvalue weighted by molar-refractivity contribution is 0.0520. The van der Waals surface area contributed by atoms with E-state index in [1.807, 2.05) is 66.1 Å². The number of para-hydroxylation sites is 1. The molecule has 2 aromatic carbocycles. The molecule has 1 heterocycles. The van der Waals surface area contributed by atoms with E-state index in [2.05, 4.69) is 4.98 Å². The number of nitrogens with zero attached hydrogens (tertiary/aromatic N) is 2. The van der Waals surface area contributed by atoms with Crippen molar-refractivity contribution in [2.75, 3.05) is 6.61 Å². The Balaban J connectivity index is 2.12. The number of hydrogen-bond acceptors (Lipinski definition) is 3. The van der Waals surface area contributed by atoms with Gasteiger partial charge in [0.2, 0.25) is 0 Å². The second-order valence-corrected chi connectivity index (χ2v) is 5.24. The van der Waals surface area contributed by atoms with E-state index in [-0.39, 0.29) is 0 Å². The zero-order valence-electron chi connectivity index (χ0n) is 13.2. The van der Waals surface area contributed by atoms with E-state index in [0.717, 1.165) is 17.1 Å². The lowest BCUT2D eigenvalue weighted by Gasteiger charge is -2.07. The topological polar surface area (TPSA) is 44.1 Å². The predicted octanol–water partition coefficient (Wildman–Crippen LogP) is 4.02. The van der Waals surface area contributed by atoms with Gasteiger partial charge in [0.25, 0.3) is 0 Å². The van der Waals surface area contributed by atoms with E-state index >= 15 is 0 Å². The average Bonchev–Trinajstić information content (AvgIpc) is 3.02. The first-order chi connectivity index (χ1) is 11.2. The van der Waals surface area contributed by atoms with Crippen molar-refractivity contribution in [2.24, 2.45) is 0 Å². The summed E-state index contributed by atoms with van der Waals surface area (Å²) in [4.78, 5) is 16.5. The molecular formula is C19H18N2O2. The van der Waals surface area contributed by atoms with Crippen molar-refractivity contribution < 1.29 is 9.53 Å². The van der Waals surface area contributed by atoms with Gasteiger partial charge in [-0.25, -0.2) is 9.78 Å². The summed E-state index contributed by atoms with van der Waals surface area (Å²) in [5.41, 5.74) is 3.39. The highest BCUT2D eigenvalue weighted by atomic mass is 16.5. The average molecular weight is 306 g/mol. The third kappa shape index (κ3) is 3.16. The molecule has 0 amide bonds. The van der Waals surface area contributed by atoms with Crippen molar-refractivity contribution in [3.8, 4) is 17.1 Å². The largest absolute Gasteiger partial charge is 0.461 e. The van der Waals surface area contributed by atoms with Crippen LogP contribution in [0.2, 0.25) is 0 Å². The fraction of sp³-hybridized carbons (Fsp3) is 0.158. The number of carbonyl (C=O) groups excluding carboxylic acids is 1. The highest BCUT2D eigenvalue weighted by Gasteiger charge is 2.17. The van der Waals surface area contributed by atoms with Crippen molar-refractivity contribution in [3.05, 3.63) is 72.1 Å². The summed E-state index contributed by atoms with van der Waals surface area (Å²) >= 11 is 0. The number of hydrogen-bond donors (Lipinski definition) is 0. The molecule has 0 radical (unpaired) electrons. The van der Waals surface area contributed by atoms with E-state index in [1.165, 1.54) is 5.56 Å². The third-order valence-corrected chi connectivity index (χ3v) is 3.53. The summed E-state index contributed by atoms with van der Waals surface area (Å²) < 4.78 is 6.99. The Hall–Kier alpha value is -2.88. The van der Waals surface area contributed by atoms with Gasteiger partial charge in [-0.1, -0.05) is 48.0 Å². The number of aryl methyl sites for hydroxylation is 1. The molecule has 0 fully saturated rings. The molecule has 23 heavy (non-hydrogen) atoms. The molecule has 0 bridgehead atoms. The van der Waals surface area contributed by atoms with Gasteiger partial charge < -0.3 is 4.74 Å². The molecule has 0 unspecified atom stereocenters. The number of benzene rings is 2. The van der Waals surface area contributed by atoms with Crippen LogP contribution in [0.25, 0.3) is 17.1 Å². The smallest absolute Gasteiger partial charge is 0.358 e. The van der Waals surface area contributed by atoms with E-state index < -0.39 is 5.97 Å². The Kier molecular flexibility index (Phi) is 4.24. The van der Waals surface area contributed by atoms with Crippen LogP contribution in [-0.2, 0) is 4.74 Å². The van der Waals surface area contributed by atoms with E-state index in [4.69, 9.17) is 4.74 Å². The molecule has 3 aromatic rings. The number of imidazole rings is 1. The lowest BCUT2D eigenvalue weighted by atomic mass is 10.1. The van der Waals surface area contributed by atoms with Crippen molar-refractivity contribution in [2.45, 2.75) is 13.8 Å². The molecule has 0 aliphatic rings. The fourth-order valence-corrected chi connectivity index (χ4v) is 2.38. The van der Waals surface area contributed by atoms with Gasteiger partial charge >= 0.3 is 5.97 Å². The molecule has 116 valence electrons. The van der Waals surface area contributed by atoms with Gasteiger partial charge in [-0.2, -0.15) is 0 Å². The van der Waals surface area contributed by atoms with Crippen LogP contribution in [-0.4, -0.2) is 22.1 Å². The van der Waals surface area contributed by atoms with Gasteiger partial charge in [-0.15, -0.1) is 0 Å². The summed E-state index contributed by atoms with van der Waals surface area (Å²) in [6.07, 6.45) is 1.72. The normalized spacial score (nSPS) is 10.5. The summed E-state index contributed by atoms with van der Waals surface area (Å²) in [5, 5.41) is 0. The van der Waals surface area contributed by atoms with Crippen LogP contribution in [0, 0.1) is 6.92 Å². The van der Waals surface area contributed by atoms with Crippen molar-refractivity contribution in [3.63, 3.8) is 0 Å². The van der Waals surface area contributed by atoms with E-state index in [1.54, 1.807) is 13.1 Å². The van der Waals surface area contributed by atoms with E-state index in [0.29, 0.717) is 12.3 Å². The number of esters is 1. The summed E-state index contributed by atoms with van der Waals surface area (Å²) in [5.74, 6) is 0.315. The van der Waals surface area contributed by atoms with E-state index in [9.17, 15) is 4.79 Å². The van der Waals surface area contributed by atoms with Gasteiger partial charge in [0.1, 0.15) is 5.82 Å². The molecule has 3 rings (SSSR count).